The molecule has 4 aromatic carbocycles. The van der Waals surface area contributed by atoms with E-state index in [0.29, 0.717) is 28.3 Å². The molecule has 16 heteroatoms. The Hall–Kier alpha value is -7.07. The lowest BCUT2D eigenvalue weighted by Crippen LogP contribution is -2.39. The second-order valence-electron chi connectivity index (χ2n) is 17.7. The number of nitrogens with one attached hydrogen (secondary N) is 1. The van der Waals surface area contributed by atoms with Gasteiger partial charge in [0.15, 0.2) is 22.3 Å². The quantitative estimate of drug-likeness (QED) is 0.175. The molecule has 340 valence electrons. The smallest absolute Gasteiger partial charge is 0.408 e. The van der Waals surface area contributed by atoms with Crippen molar-refractivity contribution in [2.24, 2.45) is 33.9 Å². The molecule has 3 N–H and O–H groups in total. The first kappa shape index (κ1) is 45.9. The van der Waals surface area contributed by atoms with Gasteiger partial charge in [-0.3, -0.25) is 27.9 Å². The SMILES string of the molecule is CCc1cccc2cc(Cn3c(=O)c4c(nc(C(C)N)n4C)n(C)c3=O)ccc12.CCc1cccc2cc(Cn3c(=O)c4c(nc(C(C)NC(=O)OC(C)(C)C)n4C)n(C)c3=O)ccc12. The summed E-state index contributed by atoms with van der Waals surface area (Å²) in [6.45, 7) is 13.5. The molecule has 0 saturated heterocycles. The molecule has 1 amide bonds. The summed E-state index contributed by atoms with van der Waals surface area (Å²) >= 11 is 0. The standard InChI is InChI=1S/C27H33N5O4.C22H25N5O2/c1-8-18-10-9-11-19-14-17(12-13-20(18)19)15-32-24(33)21-23(31(7)26(32)35)29-22(30(21)6)16(2)28-25(34)36-27(3,4)5;1-5-15-7-6-8-16-11-14(9-10-17(15)16)12-27-21(28)18-20(26(4)22(27)29)24-19(13(2)23)25(18)3/h9-14,16H,8,15H2,1-7H3,(H,28,34);6-11,13H,5,12,23H2,1-4H3. The van der Waals surface area contributed by atoms with E-state index < -0.39 is 29.0 Å². The number of aromatic nitrogens is 8. The van der Waals surface area contributed by atoms with Gasteiger partial charge in [-0.2, -0.15) is 0 Å². The zero-order valence-electron chi connectivity index (χ0n) is 39.0. The van der Waals surface area contributed by atoms with Crippen LogP contribution in [0, 0.1) is 0 Å². The summed E-state index contributed by atoms with van der Waals surface area (Å²) in [5.74, 6) is 1.01. The van der Waals surface area contributed by atoms with Crippen LogP contribution < -0.4 is 33.5 Å². The molecule has 8 rings (SSSR count). The number of imidazole rings is 2. The number of carbonyl (C=O) groups is 1. The van der Waals surface area contributed by atoms with Gasteiger partial charge in [-0.1, -0.05) is 74.5 Å². The van der Waals surface area contributed by atoms with Crippen molar-refractivity contribution in [2.75, 3.05) is 0 Å². The van der Waals surface area contributed by atoms with Crippen LogP contribution in [-0.4, -0.2) is 49.1 Å². The van der Waals surface area contributed by atoms with Crippen LogP contribution in [0.5, 0.6) is 0 Å². The lowest BCUT2D eigenvalue weighted by Gasteiger charge is -2.21. The zero-order valence-corrected chi connectivity index (χ0v) is 39.0. The molecule has 0 aliphatic rings. The molecule has 4 aromatic heterocycles. The van der Waals surface area contributed by atoms with Crippen molar-refractivity contribution in [2.45, 2.75) is 92.1 Å². The van der Waals surface area contributed by atoms with Gasteiger partial charge in [-0.05, 0) is 103 Å². The minimum absolute atomic E-state index is 0.139. The number of carbonyl (C=O) groups excluding carboxylic acids is 1. The fourth-order valence-corrected chi connectivity index (χ4v) is 8.52. The maximum absolute atomic E-state index is 13.5. The highest BCUT2D eigenvalue weighted by atomic mass is 16.6. The van der Waals surface area contributed by atoms with E-state index in [1.165, 1.54) is 40.2 Å². The van der Waals surface area contributed by atoms with E-state index in [-0.39, 0.29) is 36.0 Å². The van der Waals surface area contributed by atoms with Crippen LogP contribution in [0.3, 0.4) is 0 Å². The third-order valence-corrected chi connectivity index (χ3v) is 11.8. The molecule has 65 heavy (non-hydrogen) atoms. The molecule has 0 fully saturated rings. The molecule has 0 aliphatic carbocycles. The molecule has 2 unspecified atom stereocenters. The van der Waals surface area contributed by atoms with Crippen molar-refractivity contribution >= 4 is 50.0 Å². The number of aryl methyl sites for hydroxylation is 6. The summed E-state index contributed by atoms with van der Waals surface area (Å²) in [7, 11) is 6.69. The summed E-state index contributed by atoms with van der Waals surface area (Å²) in [5, 5.41) is 7.29. The van der Waals surface area contributed by atoms with Crippen molar-refractivity contribution in [1.29, 1.82) is 0 Å². The average Bonchev–Trinajstić information content (AvgIpc) is 3.81. The van der Waals surface area contributed by atoms with Gasteiger partial charge in [0, 0.05) is 28.2 Å². The first-order valence-electron chi connectivity index (χ1n) is 21.8. The third-order valence-electron chi connectivity index (χ3n) is 11.8. The lowest BCUT2D eigenvalue weighted by molar-refractivity contribution is 0.0505. The number of fused-ring (bicyclic) bond motifs is 4. The Bertz CT molecular complexity index is 3390. The first-order valence-corrected chi connectivity index (χ1v) is 21.8. The van der Waals surface area contributed by atoms with Gasteiger partial charge in [-0.15, -0.1) is 0 Å². The van der Waals surface area contributed by atoms with E-state index in [1.807, 2.05) is 48.5 Å². The Kier molecular flexibility index (Phi) is 12.6. The number of nitrogens with zero attached hydrogens (tertiary/aromatic N) is 8. The predicted molar refractivity (Wildman–Crippen MR) is 256 cm³/mol. The molecule has 0 bridgehead atoms. The summed E-state index contributed by atoms with van der Waals surface area (Å²) < 4.78 is 13.9. The molecule has 4 heterocycles. The van der Waals surface area contributed by atoms with E-state index in [4.69, 9.17) is 10.5 Å². The Morgan fingerprint density at radius 3 is 1.51 bits per heavy atom. The number of rotatable bonds is 9. The maximum atomic E-state index is 13.5. The molecule has 0 aliphatic heterocycles. The zero-order chi connectivity index (χ0) is 47.2. The van der Waals surface area contributed by atoms with Crippen LogP contribution in [0.1, 0.15) is 94.5 Å². The van der Waals surface area contributed by atoms with E-state index >= 15 is 0 Å². The molecule has 0 radical (unpaired) electrons. The molecular formula is C49H58N10O6. The average molecular weight is 883 g/mol. The molecular weight excluding hydrogens is 825 g/mol. The Labute approximate surface area is 375 Å². The highest BCUT2D eigenvalue weighted by molar-refractivity contribution is 5.87. The first-order chi connectivity index (χ1) is 30.7. The summed E-state index contributed by atoms with van der Waals surface area (Å²) in [6.07, 6.45) is 1.29. The van der Waals surface area contributed by atoms with Crippen molar-refractivity contribution < 1.29 is 9.53 Å². The van der Waals surface area contributed by atoms with Gasteiger partial charge in [0.05, 0.1) is 25.2 Å². The fraction of sp³-hybridized carbons (Fsp3) is 0.367. The molecule has 16 nitrogen and oxygen atoms in total. The van der Waals surface area contributed by atoms with Gasteiger partial charge < -0.3 is 24.9 Å². The Balaban J connectivity index is 0.000000198. The highest BCUT2D eigenvalue weighted by Gasteiger charge is 2.25. The molecule has 0 saturated carbocycles. The minimum atomic E-state index is -0.644. The predicted octanol–water partition coefficient (Wildman–Crippen LogP) is 6.00. The van der Waals surface area contributed by atoms with Crippen LogP contribution in [0.25, 0.3) is 43.9 Å². The summed E-state index contributed by atoms with van der Waals surface area (Å²) in [6, 6.07) is 23.6. The number of hydrogen-bond acceptors (Lipinski definition) is 9. The van der Waals surface area contributed by atoms with Crippen LogP contribution in [0.2, 0.25) is 0 Å². The lowest BCUT2D eigenvalue weighted by atomic mass is 10.0. The number of hydrogen-bond donors (Lipinski definition) is 2. The number of nitrogens with two attached hydrogens (primary N) is 1. The van der Waals surface area contributed by atoms with Gasteiger partial charge in [0.25, 0.3) is 11.1 Å². The van der Waals surface area contributed by atoms with Gasteiger partial charge >= 0.3 is 17.5 Å². The number of amides is 1. The van der Waals surface area contributed by atoms with E-state index in [0.717, 1.165) is 34.7 Å². The normalized spacial score (nSPS) is 12.7. The molecule has 2 atom stereocenters. The monoisotopic (exact) mass is 882 g/mol. The van der Waals surface area contributed by atoms with Gasteiger partial charge in [0.1, 0.15) is 17.2 Å². The summed E-state index contributed by atoms with van der Waals surface area (Å²) in [5.41, 5.74) is 9.30. The highest BCUT2D eigenvalue weighted by Crippen LogP contribution is 2.24. The van der Waals surface area contributed by atoms with E-state index in [9.17, 15) is 24.0 Å². The third kappa shape index (κ3) is 8.77. The Morgan fingerprint density at radius 2 is 1.09 bits per heavy atom. The van der Waals surface area contributed by atoms with E-state index in [1.54, 1.807) is 71.9 Å². The van der Waals surface area contributed by atoms with Crippen molar-refractivity contribution in [3.63, 3.8) is 0 Å². The second kappa shape index (κ2) is 17.8. The largest absolute Gasteiger partial charge is 0.444 e. The van der Waals surface area contributed by atoms with Crippen LogP contribution in [0.4, 0.5) is 4.79 Å². The number of alkyl carbamates (subject to hydrolysis) is 1. The van der Waals surface area contributed by atoms with Gasteiger partial charge in [0.2, 0.25) is 0 Å². The van der Waals surface area contributed by atoms with Crippen LogP contribution >= 0.6 is 0 Å². The molecule has 8 aromatic rings. The topological polar surface area (TPSA) is 188 Å². The Morgan fingerprint density at radius 1 is 0.662 bits per heavy atom. The second-order valence-corrected chi connectivity index (χ2v) is 17.7. The van der Waals surface area contributed by atoms with Crippen LogP contribution in [0.15, 0.2) is 92.0 Å². The number of ether oxygens (including phenoxy) is 1. The van der Waals surface area contributed by atoms with Crippen molar-refractivity contribution in [3.8, 4) is 0 Å². The fourth-order valence-electron chi connectivity index (χ4n) is 8.52. The van der Waals surface area contributed by atoms with Gasteiger partial charge in [-0.25, -0.2) is 24.4 Å². The van der Waals surface area contributed by atoms with Crippen LogP contribution in [-0.2, 0) is 58.9 Å². The van der Waals surface area contributed by atoms with Crippen molar-refractivity contribution in [1.82, 2.24) is 42.7 Å². The minimum Gasteiger partial charge on any atom is -0.444 e. The molecule has 0 spiro atoms. The maximum Gasteiger partial charge on any atom is 0.408 e. The number of benzene rings is 4. The van der Waals surface area contributed by atoms with E-state index in [2.05, 4.69) is 53.4 Å². The summed E-state index contributed by atoms with van der Waals surface area (Å²) in [4.78, 5) is 74.0. The van der Waals surface area contributed by atoms with Crippen molar-refractivity contribution in [3.05, 3.63) is 148 Å².